The second-order valence-corrected chi connectivity index (χ2v) is 6.50. The lowest BCUT2D eigenvalue weighted by Crippen LogP contribution is -2.40. The van der Waals surface area contributed by atoms with E-state index in [4.69, 9.17) is 0 Å². The molecule has 8 nitrogen and oxygen atoms in total. The maximum atomic E-state index is 12.6. The van der Waals surface area contributed by atoms with E-state index in [1.165, 1.54) is 11.6 Å². The Bertz CT molecular complexity index is 1090. The predicted octanol–water partition coefficient (Wildman–Crippen LogP) is 0.255. The molecular formula is C17H19N5O3. The van der Waals surface area contributed by atoms with Crippen LogP contribution in [0, 0.1) is 6.92 Å². The zero-order chi connectivity index (χ0) is 17.9. The van der Waals surface area contributed by atoms with Crippen molar-refractivity contribution in [3.05, 3.63) is 50.7 Å². The number of benzene rings is 1. The summed E-state index contributed by atoms with van der Waals surface area (Å²) in [5, 5.41) is 10.3. The van der Waals surface area contributed by atoms with Crippen LogP contribution in [0.2, 0.25) is 0 Å². The summed E-state index contributed by atoms with van der Waals surface area (Å²) in [6.07, 6.45) is -0.645. The fourth-order valence-corrected chi connectivity index (χ4v) is 3.32. The first-order valence-corrected chi connectivity index (χ1v) is 8.07. The normalized spacial score (nSPS) is 17.1. The van der Waals surface area contributed by atoms with Crippen LogP contribution in [0.25, 0.3) is 11.2 Å². The number of aliphatic hydroxyl groups is 1. The van der Waals surface area contributed by atoms with Crippen LogP contribution in [-0.2, 0) is 20.6 Å². The average Bonchev–Trinajstić information content (AvgIpc) is 2.97. The van der Waals surface area contributed by atoms with E-state index in [1.807, 2.05) is 36.1 Å². The number of β-amino-alcohol motifs (C(OH)–C–C–N with tert-alkyl or cyclic N) is 1. The molecule has 1 aromatic carbocycles. The second-order valence-electron chi connectivity index (χ2n) is 6.50. The molecule has 1 aliphatic rings. The Labute approximate surface area is 143 Å². The van der Waals surface area contributed by atoms with Gasteiger partial charge in [0.2, 0.25) is 5.95 Å². The molecule has 0 unspecified atom stereocenters. The van der Waals surface area contributed by atoms with E-state index in [0.717, 1.165) is 15.8 Å². The molecule has 4 rings (SSSR count). The Hall–Kier alpha value is -2.87. The number of nitrogens with zero attached hydrogens (tertiary/aromatic N) is 5. The van der Waals surface area contributed by atoms with Gasteiger partial charge in [-0.1, -0.05) is 17.7 Å². The second kappa shape index (κ2) is 5.32. The maximum absolute atomic E-state index is 12.6. The summed E-state index contributed by atoms with van der Waals surface area (Å²) in [5.41, 5.74) is 1.84. The van der Waals surface area contributed by atoms with Gasteiger partial charge < -0.3 is 14.6 Å². The molecule has 0 radical (unpaired) electrons. The summed E-state index contributed by atoms with van der Waals surface area (Å²) < 4.78 is 4.13. The molecule has 8 heteroatoms. The number of anilines is 2. The lowest BCUT2D eigenvalue weighted by molar-refractivity contribution is 0.154. The number of aromatic nitrogens is 4. The number of hydrogen-bond acceptors (Lipinski definition) is 5. The van der Waals surface area contributed by atoms with Crippen LogP contribution in [0.4, 0.5) is 11.6 Å². The van der Waals surface area contributed by atoms with Crippen LogP contribution in [0.5, 0.6) is 0 Å². The standard InChI is InChI=1S/C17H19N5O3/c1-10-4-6-11(7-5-10)21-8-12(23)9-22-13-14(18-16(21)22)19(2)17(25)20(3)15(13)24/h4-7,12,23H,8-9H2,1-3H3/t12-/m0/s1. The van der Waals surface area contributed by atoms with Crippen molar-refractivity contribution in [2.45, 2.75) is 19.6 Å². The fraction of sp³-hybridized carbons (Fsp3) is 0.353. The molecule has 0 amide bonds. The van der Waals surface area contributed by atoms with Gasteiger partial charge in [-0.05, 0) is 19.1 Å². The molecule has 0 spiro atoms. The highest BCUT2D eigenvalue weighted by molar-refractivity contribution is 5.77. The van der Waals surface area contributed by atoms with Crippen molar-refractivity contribution in [1.82, 2.24) is 18.7 Å². The molecule has 2 aromatic heterocycles. The third-order valence-corrected chi connectivity index (χ3v) is 4.70. The molecule has 0 fully saturated rings. The molecule has 0 bridgehead atoms. The average molecular weight is 341 g/mol. The van der Waals surface area contributed by atoms with Crippen LogP contribution >= 0.6 is 0 Å². The quantitative estimate of drug-likeness (QED) is 0.686. The van der Waals surface area contributed by atoms with Crippen molar-refractivity contribution >= 4 is 22.8 Å². The molecule has 0 aliphatic carbocycles. The van der Waals surface area contributed by atoms with E-state index in [0.29, 0.717) is 23.7 Å². The minimum absolute atomic E-state index is 0.266. The van der Waals surface area contributed by atoms with Gasteiger partial charge >= 0.3 is 5.69 Å². The van der Waals surface area contributed by atoms with E-state index < -0.39 is 17.4 Å². The summed E-state index contributed by atoms with van der Waals surface area (Å²) in [6, 6.07) is 7.87. The van der Waals surface area contributed by atoms with E-state index in [2.05, 4.69) is 4.98 Å². The molecular weight excluding hydrogens is 322 g/mol. The Morgan fingerprint density at radius 2 is 1.76 bits per heavy atom. The Morgan fingerprint density at radius 1 is 1.08 bits per heavy atom. The Kier molecular flexibility index (Phi) is 3.33. The number of imidazole rings is 1. The van der Waals surface area contributed by atoms with Crippen molar-refractivity contribution in [2.24, 2.45) is 14.1 Å². The van der Waals surface area contributed by atoms with E-state index in [9.17, 15) is 14.7 Å². The van der Waals surface area contributed by atoms with Crippen molar-refractivity contribution < 1.29 is 5.11 Å². The molecule has 3 aromatic rings. The van der Waals surface area contributed by atoms with Crippen molar-refractivity contribution in [3.8, 4) is 0 Å². The summed E-state index contributed by atoms with van der Waals surface area (Å²) in [5.74, 6) is 0.558. The number of fused-ring (bicyclic) bond motifs is 3. The molecule has 130 valence electrons. The van der Waals surface area contributed by atoms with Crippen LogP contribution in [0.1, 0.15) is 5.56 Å². The number of aryl methyl sites for hydroxylation is 2. The third-order valence-electron chi connectivity index (χ3n) is 4.70. The van der Waals surface area contributed by atoms with Gasteiger partial charge in [0.25, 0.3) is 5.56 Å². The van der Waals surface area contributed by atoms with Crippen molar-refractivity contribution in [3.63, 3.8) is 0 Å². The van der Waals surface area contributed by atoms with Gasteiger partial charge in [0.15, 0.2) is 11.2 Å². The first-order valence-electron chi connectivity index (χ1n) is 8.07. The van der Waals surface area contributed by atoms with Crippen LogP contribution in [0.3, 0.4) is 0 Å². The lowest BCUT2D eigenvalue weighted by Gasteiger charge is -2.32. The highest BCUT2D eigenvalue weighted by Gasteiger charge is 2.30. The van der Waals surface area contributed by atoms with E-state index in [1.54, 1.807) is 11.6 Å². The van der Waals surface area contributed by atoms with Gasteiger partial charge in [-0.15, -0.1) is 0 Å². The topological polar surface area (TPSA) is 85.3 Å². The monoisotopic (exact) mass is 341 g/mol. The molecule has 1 N–H and O–H groups in total. The van der Waals surface area contributed by atoms with Crippen LogP contribution < -0.4 is 16.1 Å². The first-order chi connectivity index (χ1) is 11.9. The minimum Gasteiger partial charge on any atom is -0.389 e. The first kappa shape index (κ1) is 15.6. The highest BCUT2D eigenvalue weighted by Crippen LogP contribution is 2.31. The van der Waals surface area contributed by atoms with Gasteiger partial charge in [0, 0.05) is 19.8 Å². The summed E-state index contributed by atoms with van der Waals surface area (Å²) in [4.78, 5) is 31.2. The molecule has 3 heterocycles. The van der Waals surface area contributed by atoms with Gasteiger partial charge in [-0.3, -0.25) is 13.9 Å². The van der Waals surface area contributed by atoms with Gasteiger partial charge in [-0.25, -0.2) is 4.79 Å². The summed E-state index contributed by atoms with van der Waals surface area (Å²) in [7, 11) is 3.04. The Morgan fingerprint density at radius 3 is 2.44 bits per heavy atom. The number of aliphatic hydroxyl groups excluding tert-OH is 1. The highest BCUT2D eigenvalue weighted by atomic mass is 16.3. The SMILES string of the molecule is Cc1ccc(N2C[C@H](O)Cn3c2nc2c3c(=O)n(C)c(=O)n2C)cc1. The van der Waals surface area contributed by atoms with E-state index in [-0.39, 0.29) is 6.54 Å². The summed E-state index contributed by atoms with van der Waals surface area (Å²) >= 11 is 0. The van der Waals surface area contributed by atoms with Crippen LogP contribution in [0.15, 0.2) is 33.9 Å². The van der Waals surface area contributed by atoms with Crippen LogP contribution in [-0.4, -0.2) is 36.4 Å². The summed E-state index contributed by atoms with van der Waals surface area (Å²) in [6.45, 7) is 2.64. The largest absolute Gasteiger partial charge is 0.389 e. The molecule has 0 saturated carbocycles. The Balaban J connectivity index is 2.03. The number of rotatable bonds is 1. The number of hydrogen-bond donors (Lipinski definition) is 1. The van der Waals surface area contributed by atoms with E-state index >= 15 is 0 Å². The smallest absolute Gasteiger partial charge is 0.332 e. The molecule has 1 aliphatic heterocycles. The molecule has 1 atom stereocenters. The molecule has 25 heavy (non-hydrogen) atoms. The predicted molar refractivity (Wildman–Crippen MR) is 94.4 cm³/mol. The maximum Gasteiger partial charge on any atom is 0.332 e. The van der Waals surface area contributed by atoms with Crippen molar-refractivity contribution in [2.75, 3.05) is 11.4 Å². The lowest BCUT2D eigenvalue weighted by atomic mass is 10.2. The van der Waals surface area contributed by atoms with Gasteiger partial charge in [0.05, 0.1) is 19.2 Å². The van der Waals surface area contributed by atoms with Crippen molar-refractivity contribution in [1.29, 1.82) is 0 Å². The third kappa shape index (κ3) is 2.21. The minimum atomic E-state index is -0.645. The zero-order valence-electron chi connectivity index (χ0n) is 14.3. The fourth-order valence-electron chi connectivity index (χ4n) is 3.32. The zero-order valence-corrected chi connectivity index (χ0v) is 14.3. The van der Waals surface area contributed by atoms with Gasteiger partial charge in [-0.2, -0.15) is 4.98 Å². The molecule has 0 saturated heterocycles. The van der Waals surface area contributed by atoms with Gasteiger partial charge in [0.1, 0.15) is 0 Å².